The van der Waals surface area contributed by atoms with E-state index < -0.39 is 17.4 Å². The number of carbonyl (C=O) groups is 2. The lowest BCUT2D eigenvalue weighted by molar-refractivity contribution is -0.172. The van der Waals surface area contributed by atoms with Gasteiger partial charge in [0.25, 0.3) is 5.56 Å². The number of pyridine rings is 2. The molecule has 0 spiro atoms. The zero-order valence-electron chi connectivity index (χ0n) is 20.7. The van der Waals surface area contributed by atoms with Crippen LogP contribution in [0.4, 0.5) is 4.39 Å². The summed E-state index contributed by atoms with van der Waals surface area (Å²) in [5, 5.41) is 14.8. The molecule has 37 heavy (non-hydrogen) atoms. The van der Waals surface area contributed by atoms with Crippen LogP contribution < -0.4 is 10.9 Å². The Hall–Kier alpha value is -3.63. The molecule has 3 aliphatic rings. The van der Waals surface area contributed by atoms with Crippen LogP contribution in [0.2, 0.25) is 0 Å². The Morgan fingerprint density at radius 2 is 2.08 bits per heavy atom. The summed E-state index contributed by atoms with van der Waals surface area (Å²) in [5.41, 5.74) is 2.13. The number of hydrogen-bond acceptors (Lipinski definition) is 7. The summed E-state index contributed by atoms with van der Waals surface area (Å²) in [6.45, 7) is 3.24. The highest BCUT2D eigenvalue weighted by Gasteiger charge is 2.45. The molecule has 0 saturated heterocycles. The summed E-state index contributed by atoms with van der Waals surface area (Å²) < 4.78 is 27.1. The van der Waals surface area contributed by atoms with E-state index >= 15 is 4.39 Å². The molecule has 2 aromatic heterocycles. The summed E-state index contributed by atoms with van der Waals surface area (Å²) in [5.74, 6) is -1.47. The summed E-state index contributed by atoms with van der Waals surface area (Å²) in [6.07, 6.45) is 0.991. The van der Waals surface area contributed by atoms with E-state index in [1.165, 1.54) is 7.11 Å². The minimum absolute atomic E-state index is 0.0328. The average molecular weight is 508 g/mol. The molecular weight excluding hydrogens is 481 g/mol. The van der Waals surface area contributed by atoms with Gasteiger partial charge in [-0.3, -0.25) is 9.59 Å². The van der Waals surface area contributed by atoms with Gasteiger partial charge in [0.2, 0.25) is 5.91 Å². The van der Waals surface area contributed by atoms with Crippen LogP contribution in [0.25, 0.3) is 22.3 Å². The minimum Gasteiger partial charge on any atom is -0.458 e. The van der Waals surface area contributed by atoms with Crippen molar-refractivity contribution in [3.05, 3.63) is 61.7 Å². The molecule has 10 heteroatoms. The number of aliphatic hydroxyl groups is 1. The van der Waals surface area contributed by atoms with Crippen molar-refractivity contribution in [2.45, 2.75) is 57.9 Å². The SMILES string of the molecule is CC[C@@]1(O)C(=O)OCc2c1cc1n(c2=O)Cc2c-1nc1c(F)c(C)cc3c1c2C[C@@H](NC(=O)COC)C3. The lowest BCUT2D eigenvalue weighted by atomic mass is 9.83. The molecule has 0 radical (unpaired) electrons. The fraction of sp³-hybridized carbons (Fsp3) is 0.407. The molecule has 2 aliphatic heterocycles. The molecule has 0 unspecified atom stereocenters. The summed E-state index contributed by atoms with van der Waals surface area (Å²) in [7, 11) is 1.45. The van der Waals surface area contributed by atoms with Crippen molar-refractivity contribution in [2.24, 2.45) is 0 Å². The van der Waals surface area contributed by atoms with Crippen molar-refractivity contribution in [2.75, 3.05) is 13.7 Å². The molecule has 0 bridgehead atoms. The third kappa shape index (κ3) is 3.28. The zero-order chi connectivity index (χ0) is 26.2. The predicted octanol–water partition coefficient (Wildman–Crippen LogP) is 1.76. The Morgan fingerprint density at radius 1 is 1.30 bits per heavy atom. The third-order valence-electron chi connectivity index (χ3n) is 7.84. The molecule has 9 nitrogen and oxygen atoms in total. The van der Waals surface area contributed by atoms with Crippen LogP contribution in [-0.2, 0) is 50.7 Å². The molecule has 2 N–H and O–H groups in total. The van der Waals surface area contributed by atoms with Crippen LogP contribution in [0.15, 0.2) is 16.9 Å². The average Bonchev–Trinajstić information content (AvgIpc) is 3.24. The smallest absolute Gasteiger partial charge is 0.343 e. The van der Waals surface area contributed by atoms with E-state index in [4.69, 9.17) is 14.5 Å². The number of cyclic esters (lactones) is 1. The molecule has 2 atom stereocenters. The summed E-state index contributed by atoms with van der Waals surface area (Å²) in [4.78, 5) is 43.0. The maximum atomic E-state index is 15.4. The van der Waals surface area contributed by atoms with E-state index in [-0.39, 0.29) is 60.3 Å². The van der Waals surface area contributed by atoms with Gasteiger partial charge in [0, 0.05) is 29.7 Å². The number of methoxy groups -OCH3 is 1. The van der Waals surface area contributed by atoms with Crippen molar-refractivity contribution >= 4 is 22.8 Å². The van der Waals surface area contributed by atoms with Gasteiger partial charge in [0.15, 0.2) is 11.4 Å². The molecule has 0 fully saturated rings. The van der Waals surface area contributed by atoms with Gasteiger partial charge in [-0.05, 0) is 48.9 Å². The van der Waals surface area contributed by atoms with E-state index in [1.54, 1.807) is 30.5 Å². The van der Waals surface area contributed by atoms with E-state index in [0.29, 0.717) is 35.2 Å². The van der Waals surface area contributed by atoms with Crippen LogP contribution in [-0.4, -0.2) is 46.3 Å². The van der Waals surface area contributed by atoms with Gasteiger partial charge in [-0.25, -0.2) is 14.2 Å². The van der Waals surface area contributed by atoms with Gasteiger partial charge >= 0.3 is 5.97 Å². The lowest BCUT2D eigenvalue weighted by Crippen LogP contribution is -2.44. The van der Waals surface area contributed by atoms with Crippen LogP contribution >= 0.6 is 0 Å². The highest BCUT2D eigenvalue weighted by molar-refractivity contribution is 5.93. The normalized spacial score (nSPS) is 21.3. The Bertz CT molecular complexity index is 1600. The van der Waals surface area contributed by atoms with Gasteiger partial charge in [-0.1, -0.05) is 13.0 Å². The molecule has 3 aromatic rings. The molecule has 1 aromatic carbocycles. The highest BCUT2D eigenvalue weighted by atomic mass is 19.1. The number of rotatable bonds is 4. The Kier molecular flexibility index (Phi) is 5.26. The molecule has 4 heterocycles. The molecular formula is C27H26FN3O6. The number of nitrogens with zero attached hydrogens (tertiary/aromatic N) is 2. The summed E-state index contributed by atoms with van der Waals surface area (Å²) in [6, 6.07) is 3.17. The van der Waals surface area contributed by atoms with E-state index in [1.807, 2.05) is 0 Å². The first-order valence-corrected chi connectivity index (χ1v) is 12.3. The number of benzene rings is 1. The first kappa shape index (κ1) is 23.7. The number of carbonyl (C=O) groups excluding carboxylic acids is 2. The minimum atomic E-state index is -1.94. The fourth-order valence-corrected chi connectivity index (χ4v) is 6.03. The number of halogens is 1. The van der Waals surface area contributed by atoms with Crippen LogP contribution in [0, 0.1) is 12.7 Å². The second-order valence-corrected chi connectivity index (χ2v) is 10.0. The zero-order valence-corrected chi connectivity index (χ0v) is 20.7. The quantitative estimate of drug-likeness (QED) is 0.404. The van der Waals surface area contributed by atoms with Crippen molar-refractivity contribution in [3.8, 4) is 11.4 Å². The predicted molar refractivity (Wildman–Crippen MR) is 130 cm³/mol. The van der Waals surface area contributed by atoms with Crippen LogP contribution in [0.1, 0.15) is 46.7 Å². The monoisotopic (exact) mass is 507 g/mol. The first-order chi connectivity index (χ1) is 17.7. The topological polar surface area (TPSA) is 120 Å². The van der Waals surface area contributed by atoms with Crippen molar-refractivity contribution in [1.82, 2.24) is 14.9 Å². The number of aryl methyl sites for hydroxylation is 1. The van der Waals surface area contributed by atoms with Crippen LogP contribution in [0.5, 0.6) is 0 Å². The third-order valence-corrected chi connectivity index (χ3v) is 7.84. The lowest BCUT2D eigenvalue weighted by Gasteiger charge is -2.31. The molecule has 6 rings (SSSR count). The van der Waals surface area contributed by atoms with Crippen molar-refractivity contribution < 1.29 is 28.6 Å². The molecule has 1 amide bonds. The fourth-order valence-electron chi connectivity index (χ4n) is 6.03. The van der Waals surface area contributed by atoms with Gasteiger partial charge < -0.3 is 24.5 Å². The maximum Gasteiger partial charge on any atom is 0.343 e. The first-order valence-electron chi connectivity index (χ1n) is 12.3. The van der Waals surface area contributed by atoms with Gasteiger partial charge in [-0.15, -0.1) is 0 Å². The van der Waals surface area contributed by atoms with Crippen molar-refractivity contribution in [3.63, 3.8) is 0 Å². The number of aromatic nitrogens is 2. The number of hydrogen-bond donors (Lipinski definition) is 2. The Labute approximate surface area is 211 Å². The van der Waals surface area contributed by atoms with Gasteiger partial charge in [0.1, 0.15) is 18.7 Å². The number of nitrogens with one attached hydrogen (secondary N) is 1. The van der Waals surface area contributed by atoms with Crippen molar-refractivity contribution in [1.29, 1.82) is 0 Å². The summed E-state index contributed by atoms with van der Waals surface area (Å²) >= 11 is 0. The van der Waals surface area contributed by atoms with Gasteiger partial charge in [0.05, 0.1) is 23.5 Å². The number of amides is 1. The second-order valence-electron chi connectivity index (χ2n) is 10.0. The largest absolute Gasteiger partial charge is 0.458 e. The van der Waals surface area contributed by atoms with E-state index in [0.717, 1.165) is 16.7 Å². The number of esters is 1. The van der Waals surface area contributed by atoms with Gasteiger partial charge in [-0.2, -0.15) is 0 Å². The second kappa shape index (κ2) is 8.19. The number of ether oxygens (including phenoxy) is 2. The highest BCUT2D eigenvalue weighted by Crippen LogP contribution is 2.43. The maximum absolute atomic E-state index is 15.4. The standard InChI is InChI=1S/C27H26FN3O6/c1-4-27(35)18-8-19-23-16(9-31(19)25(33)17(18)10-37-26(27)34)15-7-14(29-20(32)11-36-3)6-13-5-12(2)22(28)24(30-23)21(13)15/h5,8,14,35H,4,6-7,9-11H2,1-3H3,(H,29,32)/t14-,27-/m0/s1. The molecule has 0 saturated carbocycles. The number of fused-ring (bicyclic) bond motifs is 5. The molecule has 1 aliphatic carbocycles. The Balaban J connectivity index is 1.58. The van der Waals surface area contributed by atoms with E-state index in [9.17, 15) is 19.5 Å². The van der Waals surface area contributed by atoms with Crippen LogP contribution in [0.3, 0.4) is 0 Å². The van der Waals surface area contributed by atoms with E-state index in [2.05, 4.69) is 5.32 Å². The Morgan fingerprint density at radius 3 is 2.81 bits per heavy atom. The molecule has 192 valence electrons.